The van der Waals surface area contributed by atoms with Gasteiger partial charge in [-0.25, -0.2) is 10.8 Å². The highest BCUT2D eigenvalue weighted by Crippen LogP contribution is 2.28. The first kappa shape index (κ1) is 14.0. The van der Waals surface area contributed by atoms with Crippen molar-refractivity contribution in [1.82, 2.24) is 4.98 Å². The smallest absolute Gasteiger partial charge is 0.140 e. The monoisotopic (exact) mass is 295 g/mol. The molecule has 0 aliphatic rings. The molecule has 1 heterocycles. The Morgan fingerprint density at radius 2 is 2.11 bits per heavy atom. The van der Waals surface area contributed by atoms with Gasteiger partial charge in [-0.1, -0.05) is 23.7 Å². The molecule has 0 saturated heterocycles. The van der Waals surface area contributed by atoms with Crippen LogP contribution in [0.3, 0.4) is 0 Å². The zero-order chi connectivity index (χ0) is 13.7. The number of nitrogens with one attached hydrogen (secondary N) is 1. The number of nitrogens with zero attached hydrogens (tertiary/aromatic N) is 1. The Morgan fingerprint density at radius 1 is 1.32 bits per heavy atom. The molecule has 2 aromatic rings. The molecule has 1 aromatic heterocycles. The number of pyridine rings is 1. The summed E-state index contributed by atoms with van der Waals surface area (Å²) in [7, 11) is 0. The van der Waals surface area contributed by atoms with Crippen molar-refractivity contribution in [3.05, 3.63) is 47.1 Å². The normalized spacial score (nSPS) is 10.3. The van der Waals surface area contributed by atoms with Gasteiger partial charge in [-0.15, -0.1) is 11.8 Å². The van der Waals surface area contributed by atoms with E-state index in [1.165, 1.54) is 0 Å². The first-order chi connectivity index (χ1) is 9.24. The van der Waals surface area contributed by atoms with Crippen LogP contribution < -0.4 is 16.0 Å². The number of hydrogen-bond donors (Lipinski definition) is 2. The van der Waals surface area contributed by atoms with Crippen molar-refractivity contribution in [3.63, 3.8) is 0 Å². The lowest BCUT2D eigenvalue weighted by molar-refractivity contribution is 0.294. The molecule has 0 saturated carbocycles. The summed E-state index contributed by atoms with van der Waals surface area (Å²) in [5, 5.41) is 0.556. The number of thioether (sulfide) groups is 1. The van der Waals surface area contributed by atoms with Crippen LogP contribution in [-0.4, -0.2) is 11.2 Å². The van der Waals surface area contributed by atoms with E-state index >= 15 is 0 Å². The Hall–Kier alpha value is -1.43. The fourth-order valence-corrected chi connectivity index (χ4v) is 2.25. The number of benzene rings is 1. The maximum atomic E-state index is 6.08. The average molecular weight is 296 g/mol. The number of nitrogen functional groups attached to an aromatic ring is 1. The van der Waals surface area contributed by atoms with Gasteiger partial charge in [0.05, 0.1) is 10.7 Å². The number of aromatic nitrogens is 1. The quantitative estimate of drug-likeness (QED) is 0.503. The van der Waals surface area contributed by atoms with Crippen LogP contribution in [0.25, 0.3) is 0 Å². The van der Waals surface area contributed by atoms with Crippen LogP contribution >= 0.6 is 23.4 Å². The summed E-state index contributed by atoms with van der Waals surface area (Å²) in [6.45, 7) is 0.298. The Balaban J connectivity index is 2.14. The highest BCUT2D eigenvalue weighted by atomic mass is 35.5. The van der Waals surface area contributed by atoms with Crippen molar-refractivity contribution in [2.75, 3.05) is 11.7 Å². The molecule has 0 atom stereocenters. The standard InChI is InChI=1S/C13H14ClN3OS/c1-19-12-5-3-2-4-11(12)18-8-10-9(14)6-7-13(16-10)17-15/h2-7H,8,15H2,1H3,(H,16,17). The number of ether oxygens (including phenoxy) is 1. The molecular weight excluding hydrogens is 282 g/mol. The first-order valence-electron chi connectivity index (χ1n) is 5.62. The molecule has 3 N–H and O–H groups in total. The Labute approximate surface area is 121 Å². The highest BCUT2D eigenvalue weighted by molar-refractivity contribution is 7.98. The van der Waals surface area contributed by atoms with E-state index in [1.54, 1.807) is 23.9 Å². The van der Waals surface area contributed by atoms with Gasteiger partial charge in [0.1, 0.15) is 18.2 Å². The van der Waals surface area contributed by atoms with Crippen LogP contribution in [0.4, 0.5) is 5.82 Å². The van der Waals surface area contributed by atoms with E-state index in [4.69, 9.17) is 22.2 Å². The lowest BCUT2D eigenvalue weighted by atomic mass is 10.3. The van der Waals surface area contributed by atoms with E-state index in [9.17, 15) is 0 Å². The van der Waals surface area contributed by atoms with Gasteiger partial charge >= 0.3 is 0 Å². The number of nitrogens with two attached hydrogens (primary N) is 1. The largest absolute Gasteiger partial charge is 0.486 e. The number of para-hydroxylation sites is 1. The molecule has 0 radical (unpaired) electrons. The molecule has 100 valence electrons. The minimum Gasteiger partial charge on any atom is -0.486 e. The van der Waals surface area contributed by atoms with E-state index in [2.05, 4.69) is 10.4 Å². The van der Waals surface area contributed by atoms with E-state index in [1.807, 2.05) is 30.5 Å². The molecule has 0 spiro atoms. The zero-order valence-corrected chi connectivity index (χ0v) is 12.0. The van der Waals surface area contributed by atoms with Crippen LogP contribution in [0.1, 0.15) is 5.69 Å². The second-order valence-corrected chi connectivity index (χ2v) is 4.96. The van der Waals surface area contributed by atoms with Crippen LogP contribution in [-0.2, 0) is 6.61 Å². The lowest BCUT2D eigenvalue weighted by Gasteiger charge is -2.11. The van der Waals surface area contributed by atoms with Crippen molar-refractivity contribution < 1.29 is 4.74 Å². The van der Waals surface area contributed by atoms with Gasteiger partial charge in [-0.05, 0) is 30.5 Å². The summed E-state index contributed by atoms with van der Waals surface area (Å²) in [4.78, 5) is 5.34. The molecule has 0 fully saturated rings. The van der Waals surface area contributed by atoms with Crippen LogP contribution in [0.15, 0.2) is 41.3 Å². The predicted molar refractivity (Wildman–Crippen MR) is 79.6 cm³/mol. The number of hydrogen-bond acceptors (Lipinski definition) is 5. The molecule has 2 rings (SSSR count). The van der Waals surface area contributed by atoms with Gasteiger partial charge in [0.25, 0.3) is 0 Å². The predicted octanol–water partition coefficient (Wildman–Crippen LogP) is 3.32. The highest BCUT2D eigenvalue weighted by Gasteiger charge is 2.07. The van der Waals surface area contributed by atoms with Crippen LogP contribution in [0.5, 0.6) is 5.75 Å². The number of anilines is 1. The fourth-order valence-electron chi connectivity index (χ4n) is 1.55. The first-order valence-corrected chi connectivity index (χ1v) is 7.22. The fraction of sp³-hybridized carbons (Fsp3) is 0.154. The van der Waals surface area contributed by atoms with Gasteiger partial charge in [0.2, 0.25) is 0 Å². The van der Waals surface area contributed by atoms with Crippen LogP contribution in [0.2, 0.25) is 5.02 Å². The SMILES string of the molecule is CSc1ccccc1OCc1nc(NN)ccc1Cl. The minimum absolute atomic E-state index is 0.298. The maximum Gasteiger partial charge on any atom is 0.140 e. The molecule has 0 amide bonds. The summed E-state index contributed by atoms with van der Waals surface area (Å²) in [5.41, 5.74) is 3.13. The van der Waals surface area contributed by atoms with Gasteiger partial charge in [-0.2, -0.15) is 0 Å². The summed E-state index contributed by atoms with van der Waals surface area (Å²) >= 11 is 7.71. The van der Waals surface area contributed by atoms with Crippen molar-refractivity contribution in [1.29, 1.82) is 0 Å². The second kappa shape index (κ2) is 6.65. The van der Waals surface area contributed by atoms with Crippen molar-refractivity contribution in [2.24, 2.45) is 5.84 Å². The molecule has 6 heteroatoms. The third-order valence-corrected chi connectivity index (χ3v) is 3.62. The van der Waals surface area contributed by atoms with Gasteiger partial charge in [0.15, 0.2) is 0 Å². The maximum absolute atomic E-state index is 6.08. The lowest BCUT2D eigenvalue weighted by Crippen LogP contribution is -2.10. The topological polar surface area (TPSA) is 60.2 Å². The Bertz CT molecular complexity index is 565. The van der Waals surface area contributed by atoms with Gasteiger partial charge in [0, 0.05) is 4.90 Å². The van der Waals surface area contributed by atoms with Crippen molar-refractivity contribution in [2.45, 2.75) is 11.5 Å². The molecular formula is C13H14ClN3OS. The Kier molecular flexibility index (Phi) is 4.90. The molecule has 19 heavy (non-hydrogen) atoms. The molecule has 1 aromatic carbocycles. The zero-order valence-electron chi connectivity index (χ0n) is 10.4. The third-order valence-electron chi connectivity index (χ3n) is 2.50. The van der Waals surface area contributed by atoms with Crippen molar-refractivity contribution in [3.8, 4) is 5.75 Å². The van der Waals surface area contributed by atoms with Crippen LogP contribution in [0, 0.1) is 0 Å². The van der Waals surface area contributed by atoms with E-state index in [-0.39, 0.29) is 0 Å². The van der Waals surface area contributed by atoms with E-state index in [0.29, 0.717) is 23.1 Å². The van der Waals surface area contributed by atoms with Crippen molar-refractivity contribution >= 4 is 29.2 Å². The summed E-state index contributed by atoms with van der Waals surface area (Å²) in [6, 6.07) is 11.3. The number of halogens is 1. The molecule has 4 nitrogen and oxygen atoms in total. The van der Waals surface area contributed by atoms with Gasteiger partial charge in [-0.3, -0.25) is 0 Å². The second-order valence-electron chi connectivity index (χ2n) is 3.71. The van der Waals surface area contributed by atoms with E-state index < -0.39 is 0 Å². The molecule has 0 bridgehead atoms. The summed E-state index contributed by atoms with van der Waals surface area (Å²) < 4.78 is 5.76. The third kappa shape index (κ3) is 3.53. The molecule has 0 unspecified atom stereocenters. The molecule has 0 aliphatic carbocycles. The minimum atomic E-state index is 0.298. The number of hydrazine groups is 1. The van der Waals surface area contributed by atoms with Gasteiger partial charge < -0.3 is 10.2 Å². The summed E-state index contributed by atoms with van der Waals surface area (Å²) in [6.07, 6.45) is 2.01. The Morgan fingerprint density at radius 3 is 2.84 bits per heavy atom. The summed E-state index contributed by atoms with van der Waals surface area (Å²) in [5.74, 6) is 6.70. The van der Waals surface area contributed by atoms with E-state index in [0.717, 1.165) is 10.6 Å². The molecule has 0 aliphatic heterocycles. The average Bonchev–Trinajstić information content (AvgIpc) is 2.46. The number of rotatable bonds is 5.